The topological polar surface area (TPSA) is 27.3 Å². The minimum Gasteiger partial charge on any atom is -0.385 e. The summed E-state index contributed by atoms with van der Waals surface area (Å²) in [5.41, 5.74) is 6.04. The molecule has 0 spiro atoms. The largest absolute Gasteiger partial charge is 0.385 e. The van der Waals surface area contributed by atoms with E-state index in [-0.39, 0.29) is 0 Å². The van der Waals surface area contributed by atoms with Crippen LogP contribution in [0.3, 0.4) is 0 Å². The summed E-state index contributed by atoms with van der Waals surface area (Å²) in [5, 5.41) is 7.27. The SMILES string of the molecule is C=C(NCC1CCCCC1)c1ccc(NC(=C)C2CC2)cc1N1CCCCCC1. The van der Waals surface area contributed by atoms with Crippen LogP contribution >= 0.6 is 0 Å². The smallest absolute Gasteiger partial charge is 0.0481 e. The van der Waals surface area contributed by atoms with Crippen LogP contribution in [-0.2, 0) is 0 Å². The van der Waals surface area contributed by atoms with E-state index >= 15 is 0 Å². The summed E-state index contributed by atoms with van der Waals surface area (Å²) in [7, 11) is 0. The van der Waals surface area contributed by atoms with E-state index in [0.29, 0.717) is 5.92 Å². The number of nitrogens with zero attached hydrogens (tertiary/aromatic N) is 1. The molecule has 4 rings (SSSR count). The van der Waals surface area contributed by atoms with Crippen molar-refractivity contribution in [2.75, 3.05) is 29.9 Å². The Morgan fingerprint density at radius 2 is 1.59 bits per heavy atom. The Kier molecular flexibility index (Phi) is 6.84. The van der Waals surface area contributed by atoms with E-state index in [1.807, 2.05) is 0 Å². The van der Waals surface area contributed by atoms with Gasteiger partial charge in [0.05, 0.1) is 0 Å². The van der Waals surface area contributed by atoms with Crippen molar-refractivity contribution in [1.82, 2.24) is 5.32 Å². The molecule has 1 saturated heterocycles. The van der Waals surface area contributed by atoms with Gasteiger partial charge in [0.1, 0.15) is 0 Å². The van der Waals surface area contributed by atoms with E-state index < -0.39 is 0 Å². The molecule has 1 aromatic rings. The maximum absolute atomic E-state index is 4.44. The predicted molar refractivity (Wildman–Crippen MR) is 126 cm³/mol. The van der Waals surface area contributed by atoms with Gasteiger partial charge in [0.2, 0.25) is 0 Å². The predicted octanol–water partition coefficient (Wildman–Crippen LogP) is 6.54. The van der Waals surface area contributed by atoms with Gasteiger partial charge in [0, 0.05) is 48.0 Å². The fraction of sp³-hybridized carbons (Fsp3) is 0.615. The van der Waals surface area contributed by atoms with Crippen LogP contribution in [0.1, 0.15) is 76.2 Å². The van der Waals surface area contributed by atoms with Crippen molar-refractivity contribution in [3.63, 3.8) is 0 Å². The summed E-state index contributed by atoms with van der Waals surface area (Å²) >= 11 is 0. The number of rotatable bonds is 8. The van der Waals surface area contributed by atoms with Gasteiger partial charge in [-0.25, -0.2) is 0 Å². The third-order valence-electron chi connectivity index (χ3n) is 6.97. The molecule has 2 N–H and O–H groups in total. The molecule has 3 heteroatoms. The molecule has 0 amide bonds. The van der Waals surface area contributed by atoms with E-state index in [4.69, 9.17) is 0 Å². The average molecular weight is 394 g/mol. The van der Waals surface area contributed by atoms with Crippen LogP contribution in [-0.4, -0.2) is 19.6 Å². The molecule has 0 aromatic heterocycles. The molecule has 3 aliphatic rings. The van der Waals surface area contributed by atoms with Gasteiger partial charge >= 0.3 is 0 Å². The van der Waals surface area contributed by atoms with Crippen LogP contribution in [0.5, 0.6) is 0 Å². The van der Waals surface area contributed by atoms with Crippen LogP contribution in [0.15, 0.2) is 37.1 Å². The highest BCUT2D eigenvalue weighted by atomic mass is 15.1. The molecule has 2 aliphatic carbocycles. The second kappa shape index (κ2) is 9.73. The third kappa shape index (κ3) is 5.58. The first-order valence-electron chi connectivity index (χ1n) is 12.0. The molecule has 1 heterocycles. The van der Waals surface area contributed by atoms with Gasteiger partial charge in [0.25, 0.3) is 0 Å². The lowest BCUT2D eigenvalue weighted by Crippen LogP contribution is -2.27. The van der Waals surface area contributed by atoms with Crippen molar-refractivity contribution < 1.29 is 0 Å². The van der Waals surface area contributed by atoms with E-state index in [2.05, 4.69) is 46.9 Å². The number of anilines is 2. The van der Waals surface area contributed by atoms with Gasteiger partial charge in [-0.3, -0.25) is 0 Å². The van der Waals surface area contributed by atoms with Gasteiger partial charge in [-0.05, 0) is 68.6 Å². The molecule has 3 fully saturated rings. The zero-order valence-corrected chi connectivity index (χ0v) is 18.1. The summed E-state index contributed by atoms with van der Waals surface area (Å²) in [6.45, 7) is 12.1. The maximum Gasteiger partial charge on any atom is 0.0481 e. The number of nitrogens with one attached hydrogen (secondary N) is 2. The lowest BCUT2D eigenvalue weighted by atomic mass is 9.89. The summed E-state index contributed by atoms with van der Waals surface area (Å²) in [6, 6.07) is 6.80. The van der Waals surface area contributed by atoms with Crippen molar-refractivity contribution in [3.8, 4) is 0 Å². The second-order valence-electron chi connectivity index (χ2n) is 9.42. The zero-order valence-electron chi connectivity index (χ0n) is 18.1. The Morgan fingerprint density at radius 1 is 0.897 bits per heavy atom. The number of allylic oxidation sites excluding steroid dienone is 1. The van der Waals surface area contributed by atoms with Crippen molar-refractivity contribution in [3.05, 3.63) is 42.6 Å². The lowest BCUT2D eigenvalue weighted by molar-refractivity contribution is 0.355. The van der Waals surface area contributed by atoms with Gasteiger partial charge in [-0.2, -0.15) is 0 Å². The number of benzene rings is 1. The molecule has 0 bridgehead atoms. The fourth-order valence-corrected chi connectivity index (χ4v) is 4.91. The van der Waals surface area contributed by atoms with Crippen LogP contribution < -0.4 is 15.5 Å². The fourth-order valence-electron chi connectivity index (χ4n) is 4.91. The van der Waals surface area contributed by atoms with Crippen LogP contribution in [0, 0.1) is 11.8 Å². The zero-order chi connectivity index (χ0) is 20.1. The van der Waals surface area contributed by atoms with Crippen molar-refractivity contribution in [2.45, 2.75) is 70.6 Å². The van der Waals surface area contributed by atoms with Crippen molar-refractivity contribution in [2.24, 2.45) is 11.8 Å². The standard InChI is InChI=1S/C26H39N3/c1-20(23-12-13-23)28-24-14-15-25(21(2)27-19-22-10-6-5-7-11-22)26(18-24)29-16-8-3-4-9-17-29/h14-15,18,22-23,27-28H,1-13,16-17,19H2. The van der Waals surface area contributed by atoms with Crippen LogP contribution in [0.25, 0.3) is 5.70 Å². The molecule has 0 radical (unpaired) electrons. The maximum atomic E-state index is 4.44. The van der Waals surface area contributed by atoms with Crippen molar-refractivity contribution >= 4 is 17.1 Å². The summed E-state index contributed by atoms with van der Waals surface area (Å²) in [4.78, 5) is 2.58. The van der Waals surface area contributed by atoms with Crippen LogP contribution in [0.4, 0.5) is 11.4 Å². The molecule has 1 aliphatic heterocycles. The molecule has 0 unspecified atom stereocenters. The lowest BCUT2D eigenvalue weighted by Gasteiger charge is -2.28. The molecule has 1 aromatic carbocycles. The van der Waals surface area contributed by atoms with Crippen molar-refractivity contribution in [1.29, 1.82) is 0 Å². The first-order valence-corrected chi connectivity index (χ1v) is 12.0. The average Bonchev–Trinajstić information content (AvgIpc) is 3.60. The van der Waals surface area contributed by atoms with Crippen LogP contribution in [0.2, 0.25) is 0 Å². The second-order valence-corrected chi connectivity index (χ2v) is 9.42. The molecule has 29 heavy (non-hydrogen) atoms. The Hall–Kier alpha value is -1.90. The summed E-state index contributed by atoms with van der Waals surface area (Å²) in [6.07, 6.45) is 14.8. The highest BCUT2D eigenvalue weighted by molar-refractivity contribution is 5.78. The van der Waals surface area contributed by atoms with E-state index in [1.165, 1.54) is 93.3 Å². The highest BCUT2D eigenvalue weighted by Gasteiger charge is 2.25. The molecule has 158 valence electrons. The molecule has 2 saturated carbocycles. The molecular formula is C26H39N3. The summed E-state index contributed by atoms with van der Waals surface area (Å²) < 4.78 is 0. The van der Waals surface area contributed by atoms with E-state index in [0.717, 1.165) is 31.2 Å². The van der Waals surface area contributed by atoms with Gasteiger partial charge in [-0.1, -0.05) is 45.3 Å². The first kappa shape index (κ1) is 20.4. The first-order chi connectivity index (χ1) is 14.2. The Bertz CT molecular complexity index is 705. The Balaban J connectivity index is 1.50. The quantitative estimate of drug-likeness (QED) is 0.525. The van der Waals surface area contributed by atoms with Gasteiger partial charge in [-0.15, -0.1) is 0 Å². The van der Waals surface area contributed by atoms with E-state index in [9.17, 15) is 0 Å². The van der Waals surface area contributed by atoms with Gasteiger partial charge < -0.3 is 15.5 Å². The molecular weight excluding hydrogens is 354 g/mol. The summed E-state index contributed by atoms with van der Waals surface area (Å²) in [5.74, 6) is 1.48. The highest BCUT2D eigenvalue weighted by Crippen LogP contribution is 2.37. The Morgan fingerprint density at radius 3 is 2.28 bits per heavy atom. The van der Waals surface area contributed by atoms with E-state index in [1.54, 1.807) is 0 Å². The number of hydrogen-bond donors (Lipinski definition) is 2. The Labute approximate surface area is 177 Å². The monoisotopic (exact) mass is 393 g/mol. The number of hydrogen-bond acceptors (Lipinski definition) is 3. The van der Waals surface area contributed by atoms with Gasteiger partial charge in [0.15, 0.2) is 0 Å². The minimum atomic E-state index is 0.670. The minimum absolute atomic E-state index is 0.670. The molecule has 3 nitrogen and oxygen atoms in total. The normalized spacial score (nSPS) is 20.8. The molecule has 0 atom stereocenters. The third-order valence-corrected chi connectivity index (χ3v) is 6.97.